The summed E-state index contributed by atoms with van der Waals surface area (Å²) in [7, 11) is -1.02. The lowest BCUT2D eigenvalue weighted by Crippen LogP contribution is -2.32. The Bertz CT molecular complexity index is 740. The number of carbonyl (C=O) groups excluding carboxylic acids is 1. The highest BCUT2D eigenvalue weighted by Gasteiger charge is 2.19. The zero-order chi connectivity index (χ0) is 16.9. The Kier molecular flexibility index (Phi) is 5.25. The van der Waals surface area contributed by atoms with Gasteiger partial charge in [0, 0.05) is 46.9 Å². The Morgan fingerprint density at radius 3 is 2.50 bits per heavy atom. The number of pyridine rings is 1. The van der Waals surface area contributed by atoms with E-state index in [4.69, 9.17) is 0 Å². The molecule has 0 saturated carbocycles. The largest absolute Gasteiger partial charge is 0.356 e. The van der Waals surface area contributed by atoms with Gasteiger partial charge in [-0.1, -0.05) is 0 Å². The van der Waals surface area contributed by atoms with Gasteiger partial charge < -0.3 is 10.2 Å². The third-order valence-corrected chi connectivity index (χ3v) is 5.07. The molecule has 2 aromatic rings. The van der Waals surface area contributed by atoms with Crippen LogP contribution < -0.4 is 10.2 Å². The molecular weight excluding hydrogens is 322 g/mol. The molecule has 0 radical (unpaired) electrons. The predicted octanol–water partition coefficient (Wildman–Crippen LogP) is 3.06. The second-order valence-electron chi connectivity index (χ2n) is 5.85. The van der Waals surface area contributed by atoms with Crippen molar-refractivity contribution in [1.82, 2.24) is 4.98 Å². The zero-order valence-electron chi connectivity index (χ0n) is 13.7. The van der Waals surface area contributed by atoms with E-state index in [2.05, 4.69) is 15.2 Å². The third-order valence-electron chi connectivity index (χ3n) is 4.13. The normalized spacial score (nSPS) is 15.8. The van der Waals surface area contributed by atoms with Crippen LogP contribution in [0.2, 0.25) is 0 Å². The molecule has 3 rings (SSSR count). The Hall–Kier alpha value is -2.21. The van der Waals surface area contributed by atoms with E-state index in [1.807, 2.05) is 6.07 Å². The number of piperidine rings is 1. The first kappa shape index (κ1) is 16.6. The number of carbonyl (C=O) groups is 1. The average Bonchev–Trinajstić information content (AvgIpc) is 2.63. The van der Waals surface area contributed by atoms with Crippen LogP contribution in [0.25, 0.3) is 0 Å². The number of nitrogens with one attached hydrogen (secondary N) is 1. The average molecular weight is 343 g/mol. The number of aromatic nitrogens is 1. The lowest BCUT2D eigenvalue weighted by molar-refractivity contribution is 0.102. The number of anilines is 2. The predicted molar refractivity (Wildman–Crippen MR) is 97.0 cm³/mol. The summed E-state index contributed by atoms with van der Waals surface area (Å²) < 4.78 is 11.4. The van der Waals surface area contributed by atoms with Gasteiger partial charge in [0.05, 0.1) is 5.56 Å². The molecule has 0 aliphatic carbocycles. The first-order valence-corrected chi connectivity index (χ1v) is 9.66. The summed E-state index contributed by atoms with van der Waals surface area (Å²) in [5, 5.41) is 2.90. The van der Waals surface area contributed by atoms with E-state index < -0.39 is 10.8 Å². The lowest BCUT2D eigenvalue weighted by Gasteiger charge is -2.29. The summed E-state index contributed by atoms with van der Waals surface area (Å²) in [4.78, 5) is 20.0. The van der Waals surface area contributed by atoms with E-state index in [0.717, 1.165) is 36.6 Å². The fraction of sp³-hybridized carbons (Fsp3) is 0.333. The van der Waals surface area contributed by atoms with E-state index in [9.17, 15) is 9.00 Å². The maximum atomic E-state index is 12.7. The van der Waals surface area contributed by atoms with Crippen molar-refractivity contribution in [2.24, 2.45) is 0 Å². The topological polar surface area (TPSA) is 62.3 Å². The standard InChI is InChI=1S/C18H21N3O2S/c1-24(23)15-9-7-14(8-10-15)20-18(22)16-6-5-11-19-17(16)21-12-3-2-4-13-21/h5-11H,2-4,12-13H2,1H3,(H,20,22)/t24-/m1/s1. The quantitative estimate of drug-likeness (QED) is 0.927. The molecule has 2 heterocycles. The number of hydrogen-bond acceptors (Lipinski definition) is 4. The number of rotatable bonds is 4. The summed E-state index contributed by atoms with van der Waals surface area (Å²) in [6.07, 6.45) is 6.86. The van der Waals surface area contributed by atoms with Crippen LogP contribution in [0.1, 0.15) is 29.6 Å². The van der Waals surface area contributed by atoms with Crippen molar-refractivity contribution >= 4 is 28.2 Å². The molecule has 1 amide bonds. The van der Waals surface area contributed by atoms with E-state index in [0.29, 0.717) is 11.3 Å². The van der Waals surface area contributed by atoms with Crippen LogP contribution in [0, 0.1) is 0 Å². The molecule has 1 aromatic heterocycles. The minimum absolute atomic E-state index is 0.172. The Balaban J connectivity index is 1.78. The smallest absolute Gasteiger partial charge is 0.259 e. The monoisotopic (exact) mass is 343 g/mol. The van der Waals surface area contributed by atoms with Gasteiger partial charge in [0.1, 0.15) is 5.82 Å². The van der Waals surface area contributed by atoms with Gasteiger partial charge in [-0.3, -0.25) is 9.00 Å². The van der Waals surface area contributed by atoms with Gasteiger partial charge >= 0.3 is 0 Å². The SMILES string of the molecule is C[S@@](=O)c1ccc(NC(=O)c2cccnc2N2CCCCC2)cc1. The molecule has 0 spiro atoms. The summed E-state index contributed by atoms with van der Waals surface area (Å²) in [5.74, 6) is 0.579. The molecule has 0 bridgehead atoms. The van der Waals surface area contributed by atoms with Gasteiger partial charge in [0.2, 0.25) is 0 Å². The molecule has 1 aromatic carbocycles. The van der Waals surface area contributed by atoms with Gasteiger partial charge in [-0.05, 0) is 55.7 Å². The molecule has 1 atom stereocenters. The third kappa shape index (κ3) is 3.82. The lowest BCUT2D eigenvalue weighted by atomic mass is 10.1. The van der Waals surface area contributed by atoms with Crippen LogP contribution in [0.5, 0.6) is 0 Å². The van der Waals surface area contributed by atoms with Crippen LogP contribution in [0.15, 0.2) is 47.5 Å². The molecule has 1 aliphatic rings. The second kappa shape index (κ2) is 7.57. The van der Waals surface area contributed by atoms with Crippen LogP contribution >= 0.6 is 0 Å². The number of hydrogen-bond donors (Lipinski definition) is 1. The molecule has 1 fully saturated rings. The molecule has 24 heavy (non-hydrogen) atoms. The van der Waals surface area contributed by atoms with Crippen molar-refractivity contribution in [3.8, 4) is 0 Å². The second-order valence-corrected chi connectivity index (χ2v) is 7.23. The highest BCUT2D eigenvalue weighted by molar-refractivity contribution is 7.84. The molecule has 1 aliphatic heterocycles. The summed E-state index contributed by atoms with van der Waals surface area (Å²) in [6.45, 7) is 1.88. The number of amides is 1. The van der Waals surface area contributed by atoms with Crippen molar-refractivity contribution in [2.45, 2.75) is 24.2 Å². The maximum absolute atomic E-state index is 12.7. The minimum atomic E-state index is -1.02. The molecule has 1 N–H and O–H groups in total. The molecule has 0 unspecified atom stereocenters. The van der Waals surface area contributed by atoms with Gasteiger partial charge in [0.25, 0.3) is 5.91 Å². The van der Waals surface area contributed by atoms with E-state index in [1.165, 1.54) is 6.42 Å². The van der Waals surface area contributed by atoms with Gasteiger partial charge in [-0.2, -0.15) is 0 Å². The molecule has 5 nitrogen and oxygen atoms in total. The fourth-order valence-corrected chi connectivity index (χ4v) is 3.38. The van der Waals surface area contributed by atoms with E-state index >= 15 is 0 Å². The summed E-state index contributed by atoms with van der Waals surface area (Å²) >= 11 is 0. The Labute approximate surface area is 144 Å². The minimum Gasteiger partial charge on any atom is -0.356 e. The van der Waals surface area contributed by atoms with Crippen LogP contribution in [-0.4, -0.2) is 34.4 Å². The molecule has 6 heteroatoms. The highest BCUT2D eigenvalue weighted by atomic mass is 32.2. The van der Waals surface area contributed by atoms with Gasteiger partial charge in [-0.25, -0.2) is 4.98 Å². The van der Waals surface area contributed by atoms with Crippen molar-refractivity contribution in [3.63, 3.8) is 0 Å². The molecule has 126 valence electrons. The molecule has 1 saturated heterocycles. The van der Waals surface area contributed by atoms with E-state index in [1.54, 1.807) is 42.8 Å². The van der Waals surface area contributed by atoms with Crippen molar-refractivity contribution < 1.29 is 9.00 Å². The van der Waals surface area contributed by atoms with Gasteiger partial charge in [0.15, 0.2) is 0 Å². The van der Waals surface area contributed by atoms with Crippen molar-refractivity contribution in [1.29, 1.82) is 0 Å². The zero-order valence-corrected chi connectivity index (χ0v) is 14.5. The van der Waals surface area contributed by atoms with Gasteiger partial charge in [-0.15, -0.1) is 0 Å². The van der Waals surface area contributed by atoms with Crippen LogP contribution in [-0.2, 0) is 10.8 Å². The van der Waals surface area contributed by atoms with Crippen LogP contribution in [0.3, 0.4) is 0 Å². The maximum Gasteiger partial charge on any atom is 0.259 e. The number of benzene rings is 1. The summed E-state index contributed by atoms with van der Waals surface area (Å²) in [5.41, 5.74) is 1.27. The first-order valence-electron chi connectivity index (χ1n) is 8.10. The Morgan fingerprint density at radius 1 is 1.12 bits per heavy atom. The van der Waals surface area contributed by atoms with E-state index in [-0.39, 0.29) is 5.91 Å². The fourth-order valence-electron chi connectivity index (χ4n) is 2.86. The number of nitrogens with zero attached hydrogens (tertiary/aromatic N) is 2. The highest BCUT2D eigenvalue weighted by Crippen LogP contribution is 2.23. The van der Waals surface area contributed by atoms with Crippen molar-refractivity contribution in [3.05, 3.63) is 48.2 Å². The Morgan fingerprint density at radius 2 is 1.83 bits per heavy atom. The molecular formula is C18H21N3O2S. The first-order chi connectivity index (χ1) is 11.6. The van der Waals surface area contributed by atoms with Crippen LogP contribution in [0.4, 0.5) is 11.5 Å². The summed E-state index contributed by atoms with van der Waals surface area (Å²) in [6, 6.07) is 10.7. The van der Waals surface area contributed by atoms with Crippen molar-refractivity contribution in [2.75, 3.05) is 29.6 Å².